The quantitative estimate of drug-likeness (QED) is 0.208. The second-order valence-corrected chi connectivity index (χ2v) is 9.77. The van der Waals surface area contributed by atoms with E-state index in [-0.39, 0.29) is 17.0 Å². The van der Waals surface area contributed by atoms with Crippen molar-refractivity contribution < 1.29 is 19.4 Å². The number of nitrogens with zero attached hydrogens (tertiary/aromatic N) is 3. The molecule has 1 aliphatic heterocycles. The number of Topliss-reactive ketones (excluding diaryl/α,β-unsaturated/α-hetero) is 1. The first-order chi connectivity index (χ1) is 18.2. The predicted molar refractivity (Wildman–Crippen MR) is 148 cm³/mol. The molecule has 1 aliphatic rings. The third kappa shape index (κ3) is 4.05. The molecule has 1 N–H and O–H groups in total. The summed E-state index contributed by atoms with van der Waals surface area (Å²) in [4.78, 5) is 42.2. The molecule has 1 saturated heterocycles. The predicted octanol–water partition coefficient (Wildman–Crippen LogP) is 4.88. The van der Waals surface area contributed by atoms with Crippen molar-refractivity contribution in [1.29, 1.82) is 0 Å². The summed E-state index contributed by atoms with van der Waals surface area (Å²) < 4.78 is 9.09. The molecule has 1 fully saturated rings. The molecule has 4 aromatic rings. The smallest absolute Gasteiger partial charge is 0.300 e. The Balaban J connectivity index is 1.76. The molecule has 1 atom stereocenters. The molecule has 0 bridgehead atoms. The van der Waals surface area contributed by atoms with Crippen molar-refractivity contribution in [3.05, 3.63) is 116 Å². The lowest BCUT2D eigenvalue weighted by Gasteiger charge is -2.24. The highest BCUT2D eigenvalue weighted by molar-refractivity contribution is 9.10. The zero-order valence-electron chi connectivity index (χ0n) is 20.9. The summed E-state index contributed by atoms with van der Waals surface area (Å²) >= 11 is 3.42. The fourth-order valence-corrected chi connectivity index (χ4v) is 5.02. The zero-order chi connectivity index (χ0) is 27.1. The largest absolute Gasteiger partial charge is 0.507 e. The third-order valence-corrected chi connectivity index (χ3v) is 7.29. The van der Waals surface area contributed by atoms with Gasteiger partial charge in [-0.15, -0.1) is 0 Å². The average molecular weight is 574 g/mol. The number of benzene rings is 3. The van der Waals surface area contributed by atoms with E-state index in [2.05, 4.69) is 15.9 Å². The lowest BCUT2D eigenvalue weighted by molar-refractivity contribution is -0.132. The number of halogens is 1. The van der Waals surface area contributed by atoms with Gasteiger partial charge in [0.15, 0.2) is 0 Å². The van der Waals surface area contributed by atoms with Gasteiger partial charge in [-0.2, -0.15) is 0 Å². The van der Waals surface area contributed by atoms with E-state index in [1.54, 1.807) is 79.3 Å². The summed E-state index contributed by atoms with van der Waals surface area (Å²) in [6.07, 6.45) is 0. The first-order valence-electron chi connectivity index (χ1n) is 11.8. The molecule has 0 saturated carbocycles. The van der Waals surface area contributed by atoms with Gasteiger partial charge >= 0.3 is 0 Å². The number of hydrogen-bond donors (Lipinski definition) is 1. The van der Waals surface area contributed by atoms with Gasteiger partial charge in [0.1, 0.15) is 17.2 Å². The SMILES string of the molecule is COc1ccc(/C(O)=C2/C(=O)C(=O)N(c3c(C)n(C)n(-c4ccccc4)c3=O)C2c2ccc(Br)cc2)cc1. The van der Waals surface area contributed by atoms with Crippen LogP contribution in [-0.4, -0.2) is 33.3 Å². The van der Waals surface area contributed by atoms with E-state index in [1.807, 2.05) is 18.2 Å². The Bertz CT molecular complexity index is 1630. The summed E-state index contributed by atoms with van der Waals surface area (Å²) in [7, 11) is 3.24. The van der Waals surface area contributed by atoms with Gasteiger partial charge in [0.25, 0.3) is 17.2 Å². The summed E-state index contributed by atoms with van der Waals surface area (Å²) in [6, 6.07) is 21.6. The maximum absolute atomic E-state index is 13.8. The molecule has 3 aromatic carbocycles. The topological polar surface area (TPSA) is 93.8 Å². The molecule has 1 unspecified atom stereocenters. The Labute approximate surface area is 227 Å². The molecule has 192 valence electrons. The summed E-state index contributed by atoms with van der Waals surface area (Å²) in [6.45, 7) is 1.72. The number of aromatic nitrogens is 2. The number of ether oxygens (including phenoxy) is 1. The van der Waals surface area contributed by atoms with E-state index in [4.69, 9.17) is 4.74 Å². The Morgan fingerprint density at radius 3 is 2.16 bits per heavy atom. The first-order valence-corrected chi connectivity index (χ1v) is 12.6. The van der Waals surface area contributed by atoms with Crippen molar-refractivity contribution >= 4 is 39.1 Å². The molecule has 0 spiro atoms. The third-order valence-electron chi connectivity index (χ3n) is 6.76. The number of rotatable bonds is 5. The van der Waals surface area contributed by atoms with Crippen molar-refractivity contribution in [3.63, 3.8) is 0 Å². The Morgan fingerprint density at radius 1 is 0.921 bits per heavy atom. The van der Waals surface area contributed by atoms with Crippen molar-refractivity contribution in [2.75, 3.05) is 12.0 Å². The van der Waals surface area contributed by atoms with Gasteiger partial charge < -0.3 is 9.84 Å². The molecule has 1 amide bonds. The van der Waals surface area contributed by atoms with Crippen molar-refractivity contribution in [1.82, 2.24) is 9.36 Å². The van der Waals surface area contributed by atoms with Crippen LogP contribution in [0.4, 0.5) is 5.69 Å². The number of amides is 1. The molecule has 0 aliphatic carbocycles. The van der Waals surface area contributed by atoms with E-state index < -0.39 is 23.3 Å². The van der Waals surface area contributed by atoms with Crippen LogP contribution < -0.4 is 15.2 Å². The molecule has 5 rings (SSSR count). The lowest BCUT2D eigenvalue weighted by Crippen LogP contribution is -2.34. The molecule has 38 heavy (non-hydrogen) atoms. The van der Waals surface area contributed by atoms with Gasteiger partial charge in [-0.25, -0.2) is 4.68 Å². The van der Waals surface area contributed by atoms with Gasteiger partial charge in [-0.05, 0) is 61.0 Å². The van der Waals surface area contributed by atoms with Crippen molar-refractivity contribution in [2.45, 2.75) is 13.0 Å². The van der Waals surface area contributed by atoms with Gasteiger partial charge in [0, 0.05) is 17.1 Å². The van der Waals surface area contributed by atoms with Gasteiger partial charge in [-0.1, -0.05) is 46.3 Å². The minimum Gasteiger partial charge on any atom is -0.507 e. The van der Waals surface area contributed by atoms with Gasteiger partial charge in [-0.3, -0.25) is 24.0 Å². The maximum Gasteiger partial charge on any atom is 0.300 e. The zero-order valence-corrected chi connectivity index (χ0v) is 22.5. The number of carbonyl (C=O) groups excluding carboxylic acids is 2. The molecular weight excluding hydrogens is 550 g/mol. The van der Waals surface area contributed by atoms with E-state index in [9.17, 15) is 19.5 Å². The number of para-hydroxylation sites is 1. The average Bonchev–Trinajstić information content (AvgIpc) is 3.31. The second kappa shape index (κ2) is 9.83. The fourth-order valence-electron chi connectivity index (χ4n) is 4.76. The standard InChI is InChI=1S/C29H24BrN3O5/c1-17-24(28(36)33(31(17)2)21-7-5-4-6-8-21)32-25(18-9-13-20(30)14-10-18)23(27(35)29(32)37)26(34)19-11-15-22(38-3)16-12-19/h4-16,25,34H,1-3H3/b26-23-. The number of aliphatic hydroxyl groups excluding tert-OH is 1. The van der Waals surface area contributed by atoms with Crippen LogP contribution in [0.1, 0.15) is 22.9 Å². The van der Waals surface area contributed by atoms with Gasteiger partial charge in [0.2, 0.25) is 0 Å². The van der Waals surface area contributed by atoms with E-state index in [0.29, 0.717) is 28.3 Å². The van der Waals surface area contributed by atoms with Crippen LogP contribution in [0.25, 0.3) is 11.4 Å². The van der Waals surface area contributed by atoms with Gasteiger partial charge in [0.05, 0.1) is 30.1 Å². The van der Waals surface area contributed by atoms with Crippen LogP contribution in [0.5, 0.6) is 5.75 Å². The molecule has 0 radical (unpaired) electrons. The van der Waals surface area contributed by atoms with Crippen LogP contribution in [0, 0.1) is 6.92 Å². The monoisotopic (exact) mass is 573 g/mol. The minimum absolute atomic E-state index is 0.0696. The molecule has 2 heterocycles. The molecular formula is C29H24BrN3O5. The number of anilines is 1. The van der Waals surface area contributed by atoms with Crippen molar-refractivity contribution in [2.24, 2.45) is 7.05 Å². The minimum atomic E-state index is -1.02. The highest BCUT2D eigenvalue weighted by Gasteiger charge is 2.49. The van der Waals surface area contributed by atoms with Crippen LogP contribution in [0.2, 0.25) is 0 Å². The summed E-state index contributed by atoms with van der Waals surface area (Å²) in [5, 5.41) is 11.3. The second-order valence-electron chi connectivity index (χ2n) is 8.86. The Kier molecular flexibility index (Phi) is 6.54. The van der Waals surface area contributed by atoms with Crippen LogP contribution in [0.15, 0.2) is 93.7 Å². The highest BCUT2D eigenvalue weighted by atomic mass is 79.9. The Morgan fingerprint density at radius 2 is 1.55 bits per heavy atom. The normalized spacial score (nSPS) is 16.7. The van der Waals surface area contributed by atoms with Crippen molar-refractivity contribution in [3.8, 4) is 11.4 Å². The Hall–Kier alpha value is -4.37. The molecule has 8 nitrogen and oxygen atoms in total. The first kappa shape index (κ1) is 25.3. The number of methoxy groups -OCH3 is 1. The highest BCUT2D eigenvalue weighted by Crippen LogP contribution is 2.42. The number of carbonyl (C=O) groups is 2. The number of hydrogen-bond acceptors (Lipinski definition) is 5. The van der Waals surface area contributed by atoms with Crippen LogP contribution in [0.3, 0.4) is 0 Å². The fraction of sp³-hybridized carbons (Fsp3) is 0.138. The van der Waals surface area contributed by atoms with E-state index >= 15 is 0 Å². The summed E-state index contributed by atoms with van der Waals surface area (Å²) in [5.41, 5.74) is 1.53. The lowest BCUT2D eigenvalue weighted by atomic mass is 9.95. The maximum atomic E-state index is 13.8. The summed E-state index contributed by atoms with van der Waals surface area (Å²) in [5.74, 6) is -1.52. The van der Waals surface area contributed by atoms with E-state index in [1.165, 1.54) is 16.7 Å². The number of ketones is 1. The van der Waals surface area contributed by atoms with Crippen LogP contribution in [-0.2, 0) is 16.6 Å². The van der Waals surface area contributed by atoms with Crippen LogP contribution >= 0.6 is 15.9 Å². The molecule has 9 heteroatoms. The molecule has 1 aromatic heterocycles. The van der Waals surface area contributed by atoms with E-state index in [0.717, 1.165) is 4.47 Å². The number of aliphatic hydroxyl groups is 1.